The van der Waals surface area contributed by atoms with Crippen LogP contribution in [0, 0.1) is 6.92 Å². The fourth-order valence-corrected chi connectivity index (χ4v) is 6.24. The SMILES string of the molecule is Cc1ccc(S(=O)(=O)N2[C@H](C(=O)c3ccccc3)C(c3ccccc3)=C[C@H]2c2ccccc2)cc1. The molecule has 0 radical (unpaired) electrons. The van der Waals surface area contributed by atoms with Gasteiger partial charge < -0.3 is 0 Å². The standard InChI is InChI=1S/C30H25NO3S/c1-22-17-19-26(20-18-22)35(33,34)31-28(24-13-7-3-8-14-24)21-27(23-11-5-2-6-12-23)29(31)30(32)25-15-9-4-10-16-25/h2-21,28-29H,1H3/t28-,29-/m0/s1. The maximum absolute atomic E-state index is 14.2. The third-order valence-electron chi connectivity index (χ3n) is 6.31. The number of Topliss-reactive ketones (excluding diaryl/α,β-unsaturated/α-hetero) is 1. The fourth-order valence-electron chi connectivity index (χ4n) is 4.55. The molecule has 174 valence electrons. The Kier molecular flexibility index (Phi) is 6.20. The van der Waals surface area contributed by atoms with Gasteiger partial charge in [0.1, 0.15) is 6.04 Å². The number of ketones is 1. The minimum atomic E-state index is -4.04. The summed E-state index contributed by atoms with van der Waals surface area (Å²) in [6.07, 6.45) is 1.92. The van der Waals surface area contributed by atoms with Gasteiger partial charge in [-0.1, -0.05) is 115 Å². The summed E-state index contributed by atoms with van der Waals surface area (Å²) in [5.74, 6) is -0.255. The number of hydrogen-bond acceptors (Lipinski definition) is 3. The van der Waals surface area contributed by atoms with E-state index in [-0.39, 0.29) is 10.7 Å². The van der Waals surface area contributed by atoms with E-state index in [0.29, 0.717) is 11.1 Å². The lowest BCUT2D eigenvalue weighted by Gasteiger charge is -2.30. The molecule has 4 aromatic carbocycles. The van der Waals surface area contributed by atoms with Crippen molar-refractivity contribution < 1.29 is 13.2 Å². The minimum Gasteiger partial charge on any atom is -0.292 e. The molecule has 1 aliphatic rings. The molecule has 1 heterocycles. The summed E-state index contributed by atoms with van der Waals surface area (Å²) in [4.78, 5) is 14.2. The number of benzene rings is 4. The van der Waals surface area contributed by atoms with Gasteiger partial charge in [0.15, 0.2) is 5.78 Å². The summed E-state index contributed by atoms with van der Waals surface area (Å²) in [7, 11) is -4.04. The summed E-state index contributed by atoms with van der Waals surface area (Å²) in [6.45, 7) is 1.91. The van der Waals surface area contributed by atoms with Crippen molar-refractivity contribution in [2.75, 3.05) is 0 Å². The molecule has 0 fully saturated rings. The first-order valence-corrected chi connectivity index (χ1v) is 12.9. The summed E-state index contributed by atoms with van der Waals surface area (Å²) >= 11 is 0. The molecule has 2 atom stereocenters. The Morgan fingerprint density at radius 3 is 1.86 bits per heavy atom. The summed E-state index contributed by atoms with van der Waals surface area (Å²) in [5.41, 5.74) is 3.75. The van der Waals surface area contributed by atoms with Gasteiger partial charge >= 0.3 is 0 Å². The van der Waals surface area contributed by atoms with Gasteiger partial charge in [-0.15, -0.1) is 0 Å². The van der Waals surface area contributed by atoms with E-state index in [4.69, 9.17) is 0 Å². The van der Waals surface area contributed by atoms with E-state index < -0.39 is 22.1 Å². The van der Waals surface area contributed by atoms with Crippen LogP contribution in [0.1, 0.15) is 33.1 Å². The van der Waals surface area contributed by atoms with Crippen LogP contribution in [-0.4, -0.2) is 24.5 Å². The first-order chi connectivity index (χ1) is 17.0. The number of hydrogen-bond donors (Lipinski definition) is 0. The number of carbonyl (C=O) groups excluding carboxylic acids is 1. The predicted molar refractivity (Wildman–Crippen MR) is 138 cm³/mol. The minimum absolute atomic E-state index is 0.164. The van der Waals surface area contributed by atoms with Gasteiger partial charge in [-0.05, 0) is 35.8 Å². The number of aryl methyl sites for hydroxylation is 1. The van der Waals surface area contributed by atoms with Crippen LogP contribution in [0.5, 0.6) is 0 Å². The Morgan fingerprint density at radius 2 is 1.26 bits per heavy atom. The van der Waals surface area contributed by atoms with Crippen LogP contribution >= 0.6 is 0 Å². The lowest BCUT2D eigenvalue weighted by atomic mass is 9.94. The van der Waals surface area contributed by atoms with E-state index in [1.54, 1.807) is 48.5 Å². The van der Waals surface area contributed by atoms with Crippen LogP contribution in [0.2, 0.25) is 0 Å². The van der Waals surface area contributed by atoms with E-state index >= 15 is 0 Å². The van der Waals surface area contributed by atoms with Crippen LogP contribution in [0.3, 0.4) is 0 Å². The lowest BCUT2D eigenvalue weighted by Crippen LogP contribution is -2.43. The maximum Gasteiger partial charge on any atom is 0.244 e. The second-order valence-corrected chi connectivity index (χ2v) is 10.5. The van der Waals surface area contributed by atoms with E-state index in [0.717, 1.165) is 16.7 Å². The molecule has 0 unspecified atom stereocenters. The van der Waals surface area contributed by atoms with Crippen LogP contribution in [-0.2, 0) is 10.0 Å². The largest absolute Gasteiger partial charge is 0.292 e. The zero-order valence-corrected chi connectivity index (χ0v) is 20.1. The number of nitrogens with zero attached hydrogens (tertiary/aromatic N) is 1. The highest BCUT2D eigenvalue weighted by Gasteiger charge is 2.47. The Morgan fingerprint density at radius 1 is 0.714 bits per heavy atom. The van der Waals surface area contributed by atoms with Gasteiger partial charge in [-0.3, -0.25) is 4.79 Å². The Hall–Kier alpha value is -3.80. The molecule has 0 bridgehead atoms. The van der Waals surface area contributed by atoms with Crippen molar-refractivity contribution >= 4 is 21.4 Å². The molecular formula is C30H25NO3S. The average Bonchev–Trinajstić information content (AvgIpc) is 3.32. The first-order valence-electron chi connectivity index (χ1n) is 11.5. The second-order valence-electron chi connectivity index (χ2n) is 8.62. The van der Waals surface area contributed by atoms with Crippen molar-refractivity contribution in [3.63, 3.8) is 0 Å². The molecule has 35 heavy (non-hydrogen) atoms. The molecule has 5 heteroatoms. The Balaban J connectivity index is 1.74. The fraction of sp³-hybridized carbons (Fsp3) is 0.100. The van der Waals surface area contributed by atoms with Gasteiger partial charge in [0, 0.05) is 5.56 Å². The molecule has 0 amide bonds. The number of rotatable bonds is 6. The topological polar surface area (TPSA) is 54.5 Å². The molecule has 0 saturated heterocycles. The first kappa shape index (κ1) is 23.0. The van der Waals surface area contributed by atoms with Crippen molar-refractivity contribution in [3.05, 3.63) is 144 Å². The molecule has 0 aromatic heterocycles. The van der Waals surface area contributed by atoms with Crippen molar-refractivity contribution in [1.29, 1.82) is 0 Å². The molecule has 0 spiro atoms. The van der Waals surface area contributed by atoms with E-state index in [1.807, 2.05) is 79.7 Å². The van der Waals surface area contributed by atoms with Crippen molar-refractivity contribution in [3.8, 4) is 0 Å². The number of carbonyl (C=O) groups is 1. The van der Waals surface area contributed by atoms with Crippen LogP contribution in [0.25, 0.3) is 5.57 Å². The summed E-state index contributed by atoms with van der Waals surface area (Å²) in [6, 6.07) is 33.0. The second kappa shape index (κ2) is 9.45. The normalized spacial score (nSPS) is 18.3. The van der Waals surface area contributed by atoms with Crippen LogP contribution in [0.4, 0.5) is 0 Å². The maximum atomic E-state index is 14.2. The average molecular weight is 480 g/mol. The quantitative estimate of drug-likeness (QED) is 0.315. The zero-order chi connectivity index (χ0) is 24.4. The summed E-state index contributed by atoms with van der Waals surface area (Å²) in [5, 5.41) is 0. The lowest BCUT2D eigenvalue weighted by molar-refractivity contribution is 0.0929. The number of sulfonamides is 1. The van der Waals surface area contributed by atoms with Gasteiger partial charge in [0.2, 0.25) is 10.0 Å². The van der Waals surface area contributed by atoms with E-state index in [1.165, 1.54) is 4.31 Å². The van der Waals surface area contributed by atoms with E-state index in [2.05, 4.69) is 0 Å². The van der Waals surface area contributed by atoms with Gasteiger partial charge in [0.05, 0.1) is 10.9 Å². The molecule has 0 saturated carbocycles. The molecule has 4 aromatic rings. The van der Waals surface area contributed by atoms with Gasteiger partial charge in [-0.25, -0.2) is 8.42 Å². The predicted octanol–water partition coefficient (Wildman–Crippen LogP) is 6.08. The van der Waals surface area contributed by atoms with Crippen LogP contribution in [0.15, 0.2) is 126 Å². The van der Waals surface area contributed by atoms with Crippen molar-refractivity contribution in [2.24, 2.45) is 0 Å². The van der Waals surface area contributed by atoms with E-state index in [9.17, 15) is 13.2 Å². The van der Waals surface area contributed by atoms with Crippen molar-refractivity contribution in [2.45, 2.75) is 23.9 Å². The highest BCUT2D eigenvalue weighted by Crippen LogP contribution is 2.44. The summed E-state index contributed by atoms with van der Waals surface area (Å²) < 4.78 is 29.8. The molecule has 4 nitrogen and oxygen atoms in total. The van der Waals surface area contributed by atoms with Crippen molar-refractivity contribution in [1.82, 2.24) is 4.31 Å². The monoisotopic (exact) mass is 479 g/mol. The highest BCUT2D eigenvalue weighted by atomic mass is 32.2. The van der Waals surface area contributed by atoms with Gasteiger partial charge in [-0.2, -0.15) is 4.31 Å². The molecule has 0 aliphatic carbocycles. The highest BCUT2D eigenvalue weighted by molar-refractivity contribution is 7.89. The molecule has 0 N–H and O–H groups in total. The zero-order valence-electron chi connectivity index (χ0n) is 19.3. The third-order valence-corrected chi connectivity index (χ3v) is 8.17. The molecule has 1 aliphatic heterocycles. The Labute approximate surface area is 206 Å². The van der Waals surface area contributed by atoms with Crippen LogP contribution < -0.4 is 0 Å². The smallest absolute Gasteiger partial charge is 0.244 e. The molecular weight excluding hydrogens is 454 g/mol. The molecule has 5 rings (SSSR count). The van der Waals surface area contributed by atoms with Gasteiger partial charge in [0.25, 0.3) is 0 Å². The third kappa shape index (κ3) is 4.36. The Bertz CT molecular complexity index is 1460.